The number of carbonyl (C=O) groups excluding carboxylic acids is 1. The Morgan fingerprint density at radius 1 is 1.38 bits per heavy atom. The van der Waals surface area contributed by atoms with Crippen LogP contribution in [0.15, 0.2) is 23.1 Å². The van der Waals surface area contributed by atoms with Gasteiger partial charge in [-0.05, 0) is 51.9 Å². The molecular formula is C16H22N2O5S. The molecule has 1 aromatic rings. The molecular weight excluding hydrogens is 332 g/mol. The van der Waals surface area contributed by atoms with Crippen molar-refractivity contribution in [1.82, 2.24) is 4.72 Å². The molecule has 1 N–H and O–H groups in total. The Morgan fingerprint density at radius 2 is 2.04 bits per heavy atom. The topological polar surface area (TPSA) is 105 Å². The summed E-state index contributed by atoms with van der Waals surface area (Å²) in [6, 6.07) is 6.23. The number of nitriles is 1. The van der Waals surface area contributed by atoms with Gasteiger partial charge in [0.15, 0.2) is 0 Å². The van der Waals surface area contributed by atoms with Gasteiger partial charge in [-0.1, -0.05) is 0 Å². The number of methoxy groups -OCH3 is 1. The molecule has 1 aromatic carbocycles. The fourth-order valence-corrected chi connectivity index (χ4v) is 2.86. The van der Waals surface area contributed by atoms with E-state index >= 15 is 0 Å². The molecule has 132 valence electrons. The SMILES string of the molecule is CNS(=O)(=O)c1cc(C(=O)OCCCC(C)(C)C#N)ccc1OC. The van der Waals surface area contributed by atoms with Crippen molar-refractivity contribution in [2.24, 2.45) is 5.41 Å². The van der Waals surface area contributed by atoms with E-state index in [1.807, 2.05) is 13.8 Å². The molecule has 0 aliphatic carbocycles. The minimum absolute atomic E-state index is 0.115. The van der Waals surface area contributed by atoms with Gasteiger partial charge in [0.25, 0.3) is 0 Å². The Kier molecular flexibility index (Phi) is 6.75. The van der Waals surface area contributed by atoms with Crippen molar-refractivity contribution < 1.29 is 22.7 Å². The highest BCUT2D eigenvalue weighted by Crippen LogP contribution is 2.25. The lowest BCUT2D eigenvalue weighted by Crippen LogP contribution is -2.20. The van der Waals surface area contributed by atoms with Crippen LogP contribution in [0.1, 0.15) is 37.0 Å². The van der Waals surface area contributed by atoms with Crippen molar-refractivity contribution in [3.05, 3.63) is 23.8 Å². The fourth-order valence-electron chi connectivity index (χ4n) is 1.94. The zero-order valence-electron chi connectivity index (χ0n) is 14.3. The van der Waals surface area contributed by atoms with Crippen LogP contribution in [-0.4, -0.2) is 35.2 Å². The van der Waals surface area contributed by atoms with Crippen LogP contribution in [0.25, 0.3) is 0 Å². The Balaban J connectivity index is 2.82. The molecule has 0 fully saturated rings. The zero-order chi connectivity index (χ0) is 18.4. The summed E-state index contributed by atoms with van der Waals surface area (Å²) in [7, 11) is -1.14. The van der Waals surface area contributed by atoms with Crippen molar-refractivity contribution in [1.29, 1.82) is 5.26 Å². The molecule has 0 radical (unpaired) electrons. The summed E-state index contributed by atoms with van der Waals surface area (Å²) >= 11 is 0. The minimum atomic E-state index is -3.76. The summed E-state index contributed by atoms with van der Waals surface area (Å²) in [4.78, 5) is 11.9. The van der Waals surface area contributed by atoms with Gasteiger partial charge in [-0.25, -0.2) is 17.9 Å². The summed E-state index contributed by atoms with van der Waals surface area (Å²) in [6.07, 6.45) is 1.14. The number of nitrogens with zero attached hydrogens (tertiary/aromatic N) is 1. The summed E-state index contributed by atoms with van der Waals surface area (Å²) in [5.41, 5.74) is -0.357. The van der Waals surface area contributed by atoms with Crippen LogP contribution in [-0.2, 0) is 14.8 Å². The lowest BCUT2D eigenvalue weighted by atomic mass is 9.90. The average Bonchev–Trinajstić information content (AvgIpc) is 2.57. The molecule has 7 nitrogen and oxygen atoms in total. The maximum Gasteiger partial charge on any atom is 0.338 e. The van der Waals surface area contributed by atoms with Gasteiger partial charge in [0, 0.05) is 0 Å². The molecule has 0 aliphatic heterocycles. The van der Waals surface area contributed by atoms with Crippen molar-refractivity contribution in [2.45, 2.75) is 31.6 Å². The van der Waals surface area contributed by atoms with Crippen LogP contribution >= 0.6 is 0 Å². The van der Waals surface area contributed by atoms with Crippen molar-refractivity contribution in [3.63, 3.8) is 0 Å². The van der Waals surface area contributed by atoms with E-state index in [-0.39, 0.29) is 22.8 Å². The first-order chi connectivity index (χ1) is 11.2. The second kappa shape index (κ2) is 8.13. The van der Waals surface area contributed by atoms with E-state index in [2.05, 4.69) is 10.8 Å². The number of rotatable bonds is 8. The first-order valence-electron chi connectivity index (χ1n) is 7.37. The molecule has 0 unspecified atom stereocenters. The van der Waals surface area contributed by atoms with E-state index in [1.165, 1.54) is 32.4 Å². The summed E-state index contributed by atoms with van der Waals surface area (Å²) in [6.45, 7) is 3.78. The third kappa shape index (κ3) is 5.22. The lowest BCUT2D eigenvalue weighted by molar-refractivity contribution is 0.0490. The van der Waals surface area contributed by atoms with Crippen LogP contribution in [0.5, 0.6) is 5.75 Å². The van der Waals surface area contributed by atoms with E-state index in [9.17, 15) is 13.2 Å². The first kappa shape index (κ1) is 19.9. The molecule has 0 aliphatic rings. The fraction of sp³-hybridized carbons (Fsp3) is 0.500. The number of carbonyl (C=O) groups is 1. The molecule has 0 saturated carbocycles. The molecule has 8 heteroatoms. The van der Waals surface area contributed by atoms with Crippen molar-refractivity contribution in [3.8, 4) is 11.8 Å². The number of hydrogen-bond donors (Lipinski definition) is 1. The molecule has 0 aromatic heterocycles. The maximum atomic E-state index is 12.1. The minimum Gasteiger partial charge on any atom is -0.495 e. The van der Waals surface area contributed by atoms with Gasteiger partial charge in [0.05, 0.1) is 30.8 Å². The number of nitrogens with one attached hydrogen (secondary N) is 1. The summed E-state index contributed by atoms with van der Waals surface area (Å²) in [5, 5.41) is 8.93. The molecule has 0 saturated heterocycles. The number of benzene rings is 1. The summed E-state index contributed by atoms with van der Waals surface area (Å²) in [5.74, 6) is -0.489. The molecule has 24 heavy (non-hydrogen) atoms. The van der Waals surface area contributed by atoms with Gasteiger partial charge < -0.3 is 9.47 Å². The second-order valence-corrected chi connectivity index (χ2v) is 7.66. The van der Waals surface area contributed by atoms with Crippen molar-refractivity contribution >= 4 is 16.0 Å². The van der Waals surface area contributed by atoms with Crippen molar-refractivity contribution in [2.75, 3.05) is 20.8 Å². The molecule has 0 amide bonds. The largest absolute Gasteiger partial charge is 0.495 e. The van der Waals surface area contributed by atoms with Gasteiger partial charge in [-0.15, -0.1) is 0 Å². The van der Waals surface area contributed by atoms with Crippen LogP contribution in [0.2, 0.25) is 0 Å². The summed E-state index contributed by atoms with van der Waals surface area (Å²) < 4.78 is 36.3. The van der Waals surface area contributed by atoms with E-state index in [4.69, 9.17) is 14.7 Å². The van der Waals surface area contributed by atoms with E-state index in [1.54, 1.807) is 0 Å². The number of hydrogen-bond acceptors (Lipinski definition) is 6. The van der Waals surface area contributed by atoms with Crippen LogP contribution in [0, 0.1) is 16.7 Å². The van der Waals surface area contributed by atoms with Crippen LogP contribution in [0.4, 0.5) is 0 Å². The number of esters is 1. The van der Waals surface area contributed by atoms with E-state index in [0.717, 1.165) is 0 Å². The molecule has 0 heterocycles. The normalized spacial score (nSPS) is 11.6. The van der Waals surface area contributed by atoms with E-state index in [0.29, 0.717) is 12.8 Å². The second-order valence-electron chi connectivity index (χ2n) is 5.81. The maximum absolute atomic E-state index is 12.1. The molecule has 1 rings (SSSR count). The van der Waals surface area contributed by atoms with Gasteiger partial charge in [0.2, 0.25) is 10.0 Å². The highest BCUT2D eigenvalue weighted by atomic mass is 32.2. The monoisotopic (exact) mass is 354 g/mol. The Morgan fingerprint density at radius 3 is 2.58 bits per heavy atom. The molecule has 0 bridgehead atoms. The Labute approximate surface area is 142 Å². The number of ether oxygens (including phenoxy) is 2. The Bertz CT molecular complexity index is 735. The van der Waals surface area contributed by atoms with Gasteiger partial charge in [-0.3, -0.25) is 0 Å². The lowest BCUT2D eigenvalue weighted by Gasteiger charge is -2.14. The predicted molar refractivity (Wildman–Crippen MR) is 88.2 cm³/mol. The van der Waals surface area contributed by atoms with E-state index < -0.39 is 21.4 Å². The molecule has 0 spiro atoms. The van der Waals surface area contributed by atoms with Crippen LogP contribution < -0.4 is 9.46 Å². The van der Waals surface area contributed by atoms with Gasteiger partial charge in [0.1, 0.15) is 10.6 Å². The first-order valence-corrected chi connectivity index (χ1v) is 8.85. The van der Waals surface area contributed by atoms with Crippen LogP contribution in [0.3, 0.4) is 0 Å². The quantitative estimate of drug-likeness (QED) is 0.566. The highest BCUT2D eigenvalue weighted by Gasteiger charge is 2.21. The predicted octanol–water partition coefficient (Wildman–Crippen LogP) is 2.09. The third-order valence-corrected chi connectivity index (χ3v) is 4.88. The Hall–Kier alpha value is -2.11. The third-order valence-electron chi connectivity index (χ3n) is 3.44. The standard InChI is InChI=1S/C16H22N2O5S/c1-16(2,11-17)8-5-9-23-15(19)12-6-7-13(22-4)14(10-12)24(20,21)18-3/h6-7,10,18H,5,8-9H2,1-4H3. The van der Waals surface area contributed by atoms with Gasteiger partial charge >= 0.3 is 5.97 Å². The molecule has 0 atom stereocenters. The number of sulfonamides is 1. The zero-order valence-corrected chi connectivity index (χ0v) is 15.1. The average molecular weight is 354 g/mol. The highest BCUT2D eigenvalue weighted by molar-refractivity contribution is 7.89. The smallest absolute Gasteiger partial charge is 0.338 e. The van der Waals surface area contributed by atoms with Gasteiger partial charge in [-0.2, -0.15) is 5.26 Å².